The second-order valence-electron chi connectivity index (χ2n) is 6.93. The predicted octanol–water partition coefficient (Wildman–Crippen LogP) is 4.84. The molecule has 1 aromatic heterocycles. The van der Waals surface area contributed by atoms with Crippen molar-refractivity contribution in [2.24, 2.45) is 0 Å². The van der Waals surface area contributed by atoms with Gasteiger partial charge in [-0.1, -0.05) is 24.6 Å². The van der Waals surface area contributed by atoms with Crippen molar-refractivity contribution in [3.05, 3.63) is 65.1 Å². The summed E-state index contributed by atoms with van der Waals surface area (Å²) in [6, 6.07) is 12.1. The van der Waals surface area contributed by atoms with Crippen LogP contribution in [0.1, 0.15) is 31.9 Å². The topological polar surface area (TPSA) is 79.0 Å². The van der Waals surface area contributed by atoms with Crippen molar-refractivity contribution in [2.45, 2.75) is 32.4 Å². The number of hydrogen-bond acceptors (Lipinski definition) is 4. The molecule has 0 radical (unpaired) electrons. The predicted molar refractivity (Wildman–Crippen MR) is 115 cm³/mol. The van der Waals surface area contributed by atoms with Gasteiger partial charge in [-0.05, 0) is 55.3 Å². The SMILES string of the molecule is CC[C@@H](N[C@@H](C)CNC=O)c1ccc(Cl)c(Oc2ccc(-c3ccn[nH]3)cc2)c1F. The number of nitrogens with zero attached hydrogens (tertiary/aromatic N) is 1. The maximum Gasteiger partial charge on any atom is 0.207 e. The fourth-order valence-corrected chi connectivity index (χ4v) is 3.39. The van der Waals surface area contributed by atoms with Crippen molar-refractivity contribution in [1.29, 1.82) is 0 Å². The summed E-state index contributed by atoms with van der Waals surface area (Å²) in [5.41, 5.74) is 2.28. The zero-order valence-electron chi connectivity index (χ0n) is 16.8. The molecular formula is C22H24ClFN4O2. The summed E-state index contributed by atoms with van der Waals surface area (Å²) in [5.74, 6) is -0.0433. The summed E-state index contributed by atoms with van der Waals surface area (Å²) in [4.78, 5) is 10.5. The number of ether oxygens (including phenoxy) is 1. The summed E-state index contributed by atoms with van der Waals surface area (Å²) in [7, 11) is 0. The lowest BCUT2D eigenvalue weighted by Crippen LogP contribution is -2.38. The molecule has 1 heterocycles. The second-order valence-corrected chi connectivity index (χ2v) is 7.34. The highest BCUT2D eigenvalue weighted by molar-refractivity contribution is 6.32. The van der Waals surface area contributed by atoms with Crippen LogP contribution in [0, 0.1) is 5.82 Å². The van der Waals surface area contributed by atoms with E-state index < -0.39 is 5.82 Å². The Morgan fingerprint density at radius 1 is 1.23 bits per heavy atom. The van der Waals surface area contributed by atoms with E-state index in [0.717, 1.165) is 11.3 Å². The third-order valence-corrected chi connectivity index (χ3v) is 5.04. The number of nitrogens with one attached hydrogen (secondary N) is 3. The number of benzene rings is 2. The Kier molecular flexibility index (Phi) is 7.43. The fraction of sp³-hybridized carbons (Fsp3) is 0.273. The van der Waals surface area contributed by atoms with Gasteiger partial charge in [0.2, 0.25) is 6.41 Å². The van der Waals surface area contributed by atoms with Gasteiger partial charge in [0.15, 0.2) is 11.6 Å². The number of halogens is 2. The van der Waals surface area contributed by atoms with Crippen molar-refractivity contribution >= 4 is 18.0 Å². The summed E-state index contributed by atoms with van der Waals surface area (Å²) < 4.78 is 21.1. The third-order valence-electron chi connectivity index (χ3n) is 4.74. The molecule has 3 N–H and O–H groups in total. The molecule has 0 aliphatic carbocycles. The Labute approximate surface area is 179 Å². The van der Waals surface area contributed by atoms with E-state index in [9.17, 15) is 4.79 Å². The third kappa shape index (κ3) is 5.17. The molecule has 3 aromatic rings. The molecule has 0 unspecified atom stereocenters. The highest BCUT2D eigenvalue weighted by Crippen LogP contribution is 2.37. The number of carbonyl (C=O) groups is 1. The summed E-state index contributed by atoms with van der Waals surface area (Å²) in [6.07, 6.45) is 2.97. The first-order valence-electron chi connectivity index (χ1n) is 9.72. The molecular weight excluding hydrogens is 407 g/mol. The first kappa shape index (κ1) is 21.8. The van der Waals surface area contributed by atoms with Gasteiger partial charge < -0.3 is 15.4 Å². The average Bonchev–Trinajstić information content (AvgIpc) is 3.29. The van der Waals surface area contributed by atoms with Crippen LogP contribution >= 0.6 is 11.6 Å². The van der Waals surface area contributed by atoms with E-state index in [1.54, 1.807) is 30.5 Å². The molecule has 0 spiro atoms. The molecule has 0 saturated carbocycles. The molecule has 0 saturated heterocycles. The van der Waals surface area contributed by atoms with Crippen molar-refractivity contribution in [1.82, 2.24) is 20.8 Å². The minimum absolute atomic E-state index is 0.0117. The number of amides is 1. The molecule has 8 heteroatoms. The van der Waals surface area contributed by atoms with Gasteiger partial charge in [0.05, 0.1) is 10.7 Å². The Bertz CT molecular complexity index is 964. The Morgan fingerprint density at radius 3 is 2.63 bits per heavy atom. The van der Waals surface area contributed by atoms with Crippen LogP contribution in [0.2, 0.25) is 5.02 Å². The molecule has 6 nitrogen and oxygen atoms in total. The van der Waals surface area contributed by atoms with Crippen LogP contribution in [0.15, 0.2) is 48.7 Å². The highest BCUT2D eigenvalue weighted by Gasteiger charge is 2.21. The van der Waals surface area contributed by atoms with Gasteiger partial charge in [0.1, 0.15) is 5.75 Å². The summed E-state index contributed by atoms with van der Waals surface area (Å²) in [5, 5.41) is 13.0. The zero-order chi connectivity index (χ0) is 21.5. The number of carbonyl (C=O) groups excluding carboxylic acids is 1. The van der Waals surface area contributed by atoms with Crippen molar-refractivity contribution in [3.8, 4) is 22.8 Å². The van der Waals surface area contributed by atoms with Gasteiger partial charge in [0, 0.05) is 30.4 Å². The van der Waals surface area contributed by atoms with Crippen LogP contribution < -0.4 is 15.4 Å². The van der Waals surface area contributed by atoms with Crippen LogP contribution in [0.25, 0.3) is 11.3 Å². The summed E-state index contributed by atoms with van der Waals surface area (Å²) >= 11 is 6.24. The zero-order valence-corrected chi connectivity index (χ0v) is 17.5. The maximum absolute atomic E-state index is 15.3. The normalized spacial score (nSPS) is 12.9. The van der Waals surface area contributed by atoms with E-state index >= 15 is 4.39 Å². The van der Waals surface area contributed by atoms with Crippen LogP contribution in [-0.4, -0.2) is 29.2 Å². The van der Waals surface area contributed by atoms with Crippen molar-refractivity contribution in [3.63, 3.8) is 0 Å². The smallest absolute Gasteiger partial charge is 0.207 e. The molecule has 0 aliphatic heterocycles. The van der Waals surface area contributed by atoms with Gasteiger partial charge >= 0.3 is 0 Å². The quantitative estimate of drug-likeness (QED) is 0.402. The molecule has 0 bridgehead atoms. The highest BCUT2D eigenvalue weighted by atomic mass is 35.5. The Hall–Kier alpha value is -2.90. The number of H-pyrrole nitrogens is 1. The molecule has 2 aromatic carbocycles. The van der Waals surface area contributed by atoms with E-state index in [1.165, 1.54) is 0 Å². The van der Waals surface area contributed by atoms with E-state index in [2.05, 4.69) is 20.8 Å². The lowest BCUT2D eigenvalue weighted by Gasteiger charge is -2.24. The number of aromatic amines is 1. The van der Waals surface area contributed by atoms with E-state index in [4.69, 9.17) is 16.3 Å². The standard InChI is InChI=1S/C22H24ClFN4O2/c1-3-19(27-14(2)12-25-13-29)17-8-9-18(23)22(21(17)24)30-16-6-4-15(5-7-16)20-10-11-26-28-20/h4-11,13-14,19,27H,3,12H2,1-2H3,(H,25,29)(H,26,28)/t14-,19+/m0/s1. The first-order valence-corrected chi connectivity index (χ1v) is 10.1. The van der Waals surface area contributed by atoms with Gasteiger partial charge in [0.25, 0.3) is 0 Å². The van der Waals surface area contributed by atoms with Crippen LogP contribution in [-0.2, 0) is 4.79 Å². The maximum atomic E-state index is 15.3. The van der Waals surface area contributed by atoms with Gasteiger partial charge in [-0.25, -0.2) is 4.39 Å². The first-order chi connectivity index (χ1) is 14.5. The van der Waals surface area contributed by atoms with Crippen molar-refractivity contribution < 1.29 is 13.9 Å². The van der Waals surface area contributed by atoms with Gasteiger partial charge in [-0.2, -0.15) is 5.10 Å². The second kappa shape index (κ2) is 10.2. The van der Waals surface area contributed by atoms with E-state index in [1.807, 2.05) is 32.0 Å². The molecule has 3 rings (SSSR count). The lowest BCUT2D eigenvalue weighted by atomic mass is 10.0. The minimum atomic E-state index is -0.505. The molecule has 158 valence electrons. The number of rotatable bonds is 10. The monoisotopic (exact) mass is 430 g/mol. The lowest BCUT2D eigenvalue weighted by molar-refractivity contribution is -0.109. The van der Waals surface area contributed by atoms with Gasteiger partial charge in [-0.15, -0.1) is 0 Å². The van der Waals surface area contributed by atoms with Crippen LogP contribution in [0.3, 0.4) is 0 Å². The minimum Gasteiger partial charge on any atom is -0.453 e. The Morgan fingerprint density at radius 2 is 2.00 bits per heavy atom. The number of hydrogen-bond donors (Lipinski definition) is 3. The summed E-state index contributed by atoms with van der Waals surface area (Å²) in [6.45, 7) is 4.33. The largest absolute Gasteiger partial charge is 0.453 e. The molecule has 0 fully saturated rings. The Balaban J connectivity index is 1.80. The van der Waals surface area contributed by atoms with Crippen molar-refractivity contribution in [2.75, 3.05) is 6.54 Å². The molecule has 2 atom stereocenters. The van der Waals surface area contributed by atoms with E-state index in [0.29, 0.717) is 30.7 Å². The van der Waals surface area contributed by atoms with Crippen LogP contribution in [0.4, 0.5) is 4.39 Å². The molecule has 1 amide bonds. The molecule has 30 heavy (non-hydrogen) atoms. The average molecular weight is 431 g/mol. The van der Waals surface area contributed by atoms with Crippen LogP contribution in [0.5, 0.6) is 11.5 Å². The number of aromatic nitrogens is 2. The van der Waals surface area contributed by atoms with Gasteiger partial charge in [-0.3, -0.25) is 9.89 Å². The van der Waals surface area contributed by atoms with E-state index in [-0.39, 0.29) is 22.9 Å². The molecule has 0 aliphatic rings. The fourth-order valence-electron chi connectivity index (χ4n) is 3.20.